The van der Waals surface area contributed by atoms with Gasteiger partial charge in [0.1, 0.15) is 17.2 Å². The van der Waals surface area contributed by atoms with Crippen LogP contribution in [0.4, 0.5) is 10.2 Å². The molecule has 0 aromatic carbocycles. The van der Waals surface area contributed by atoms with Gasteiger partial charge in [-0.25, -0.2) is 13.9 Å². The standard InChI is InChI=1S/C18H22FN5O/c1-3-8-20-18(25)15-11-21-24-9-7-16(23-17(15)24)22-12(2)13-5-4-6-14(19)10-13/h4-7,9,11-13H,3,8,10H2,1-2H3,(H,20,25)(H,22,23)/t12-,13?/m1/s1. The van der Waals surface area contributed by atoms with E-state index in [4.69, 9.17) is 0 Å². The molecule has 1 amide bonds. The van der Waals surface area contributed by atoms with Crippen molar-refractivity contribution < 1.29 is 9.18 Å². The highest BCUT2D eigenvalue weighted by Gasteiger charge is 2.19. The van der Waals surface area contributed by atoms with E-state index >= 15 is 0 Å². The number of halogens is 1. The van der Waals surface area contributed by atoms with Crippen LogP contribution >= 0.6 is 0 Å². The number of rotatable bonds is 6. The van der Waals surface area contributed by atoms with Crippen LogP contribution in [0.25, 0.3) is 5.65 Å². The highest BCUT2D eigenvalue weighted by Crippen LogP contribution is 2.24. The lowest BCUT2D eigenvalue weighted by molar-refractivity contribution is 0.0955. The molecule has 3 rings (SSSR count). The SMILES string of the molecule is CCCNC(=O)c1cnn2ccc(N[C@H](C)C3C=CC=C(F)C3)nc12. The molecule has 1 aliphatic carbocycles. The van der Waals surface area contributed by atoms with E-state index in [1.165, 1.54) is 12.3 Å². The van der Waals surface area contributed by atoms with Crippen molar-refractivity contribution in [2.75, 3.05) is 11.9 Å². The van der Waals surface area contributed by atoms with Crippen LogP contribution in [-0.2, 0) is 0 Å². The minimum absolute atomic E-state index is 0.00550. The van der Waals surface area contributed by atoms with Crippen LogP contribution < -0.4 is 10.6 Å². The van der Waals surface area contributed by atoms with Crippen molar-refractivity contribution in [2.24, 2.45) is 5.92 Å². The molecule has 6 nitrogen and oxygen atoms in total. The Morgan fingerprint density at radius 3 is 3.12 bits per heavy atom. The lowest BCUT2D eigenvalue weighted by Crippen LogP contribution is -2.26. The Morgan fingerprint density at radius 2 is 2.36 bits per heavy atom. The summed E-state index contributed by atoms with van der Waals surface area (Å²) >= 11 is 0. The van der Waals surface area contributed by atoms with Crippen molar-refractivity contribution in [1.29, 1.82) is 0 Å². The summed E-state index contributed by atoms with van der Waals surface area (Å²) in [6.45, 7) is 4.60. The van der Waals surface area contributed by atoms with Crippen LogP contribution in [0.1, 0.15) is 37.0 Å². The number of fused-ring (bicyclic) bond motifs is 1. The van der Waals surface area contributed by atoms with Crippen molar-refractivity contribution in [3.63, 3.8) is 0 Å². The molecule has 0 bridgehead atoms. The molecule has 0 saturated carbocycles. The van der Waals surface area contributed by atoms with E-state index in [-0.39, 0.29) is 23.7 Å². The van der Waals surface area contributed by atoms with E-state index in [0.29, 0.717) is 30.0 Å². The number of hydrogen-bond donors (Lipinski definition) is 2. The minimum atomic E-state index is -0.183. The third-order valence-electron chi connectivity index (χ3n) is 4.23. The van der Waals surface area contributed by atoms with Gasteiger partial charge in [-0.15, -0.1) is 0 Å². The number of carbonyl (C=O) groups is 1. The predicted octanol–water partition coefficient (Wildman–Crippen LogP) is 3.10. The van der Waals surface area contributed by atoms with Crippen molar-refractivity contribution in [1.82, 2.24) is 19.9 Å². The Bertz CT molecular complexity index is 826. The summed E-state index contributed by atoms with van der Waals surface area (Å²) in [5.74, 6) is 0.390. The predicted molar refractivity (Wildman–Crippen MR) is 95.1 cm³/mol. The average molecular weight is 343 g/mol. The second kappa shape index (κ2) is 7.46. The number of hydrogen-bond acceptors (Lipinski definition) is 4. The molecule has 0 aliphatic heterocycles. The van der Waals surface area contributed by atoms with Gasteiger partial charge in [-0.1, -0.05) is 19.1 Å². The second-order valence-electron chi connectivity index (χ2n) is 6.19. The molecule has 1 aliphatic rings. The van der Waals surface area contributed by atoms with Gasteiger partial charge in [0, 0.05) is 31.1 Å². The first-order chi connectivity index (χ1) is 12.1. The van der Waals surface area contributed by atoms with E-state index in [0.717, 1.165) is 6.42 Å². The normalized spacial score (nSPS) is 18.0. The quantitative estimate of drug-likeness (QED) is 0.845. The summed E-state index contributed by atoms with van der Waals surface area (Å²) in [6, 6.07) is 1.80. The molecule has 0 radical (unpaired) electrons. The Kier molecular flexibility index (Phi) is 5.11. The Balaban J connectivity index is 1.77. The fourth-order valence-corrected chi connectivity index (χ4v) is 2.79. The maximum Gasteiger partial charge on any atom is 0.256 e. The van der Waals surface area contributed by atoms with Gasteiger partial charge >= 0.3 is 0 Å². The van der Waals surface area contributed by atoms with E-state index in [1.54, 1.807) is 22.9 Å². The van der Waals surface area contributed by atoms with Crippen LogP contribution in [0.15, 0.2) is 42.5 Å². The lowest BCUT2D eigenvalue weighted by atomic mass is 9.93. The first kappa shape index (κ1) is 17.1. The molecular formula is C18H22FN5O. The second-order valence-corrected chi connectivity index (χ2v) is 6.19. The number of aromatic nitrogens is 3. The first-order valence-corrected chi connectivity index (χ1v) is 8.50. The summed E-state index contributed by atoms with van der Waals surface area (Å²) < 4.78 is 15.0. The molecule has 0 saturated heterocycles. The van der Waals surface area contributed by atoms with Crippen molar-refractivity contribution >= 4 is 17.4 Å². The van der Waals surface area contributed by atoms with E-state index in [9.17, 15) is 9.18 Å². The minimum Gasteiger partial charge on any atom is -0.367 e. The van der Waals surface area contributed by atoms with Gasteiger partial charge in [-0.3, -0.25) is 4.79 Å². The highest BCUT2D eigenvalue weighted by atomic mass is 19.1. The summed E-state index contributed by atoms with van der Waals surface area (Å²) in [7, 11) is 0. The number of amides is 1. The van der Waals surface area contributed by atoms with Crippen molar-refractivity contribution in [3.05, 3.63) is 48.1 Å². The summed E-state index contributed by atoms with van der Waals surface area (Å²) in [5, 5.41) is 10.3. The van der Waals surface area contributed by atoms with Crippen LogP contribution in [0.3, 0.4) is 0 Å². The summed E-state index contributed by atoms with van der Waals surface area (Å²) in [5.41, 5.74) is 0.937. The largest absolute Gasteiger partial charge is 0.367 e. The Morgan fingerprint density at radius 1 is 1.52 bits per heavy atom. The molecular weight excluding hydrogens is 321 g/mol. The highest BCUT2D eigenvalue weighted by molar-refractivity contribution is 5.99. The molecule has 2 heterocycles. The lowest BCUT2D eigenvalue weighted by Gasteiger charge is -2.23. The number of nitrogens with zero attached hydrogens (tertiary/aromatic N) is 3. The van der Waals surface area contributed by atoms with Gasteiger partial charge in [0.25, 0.3) is 5.91 Å². The molecule has 1 unspecified atom stereocenters. The third-order valence-corrected chi connectivity index (χ3v) is 4.23. The first-order valence-electron chi connectivity index (χ1n) is 8.50. The Hall–Kier alpha value is -2.70. The van der Waals surface area contributed by atoms with Gasteiger partial charge in [0.05, 0.1) is 6.20 Å². The molecule has 132 valence electrons. The van der Waals surface area contributed by atoms with Crippen LogP contribution in [0, 0.1) is 5.92 Å². The molecule has 2 aromatic heterocycles. The van der Waals surface area contributed by atoms with Crippen LogP contribution in [-0.4, -0.2) is 33.1 Å². The maximum atomic E-state index is 13.5. The van der Waals surface area contributed by atoms with E-state index in [2.05, 4.69) is 20.7 Å². The van der Waals surface area contributed by atoms with Crippen molar-refractivity contribution in [2.45, 2.75) is 32.7 Å². The number of allylic oxidation sites excluding steroid dienone is 3. The Labute approximate surface area is 145 Å². The maximum absolute atomic E-state index is 13.5. The van der Waals surface area contributed by atoms with Gasteiger partial charge in [-0.05, 0) is 25.5 Å². The number of anilines is 1. The molecule has 0 spiro atoms. The fourth-order valence-electron chi connectivity index (χ4n) is 2.79. The van der Waals surface area contributed by atoms with Gasteiger partial charge in [-0.2, -0.15) is 5.10 Å². The molecule has 0 fully saturated rings. The number of carbonyl (C=O) groups excluding carboxylic acids is 1. The van der Waals surface area contributed by atoms with E-state index in [1.807, 2.05) is 19.9 Å². The third kappa shape index (κ3) is 3.87. The van der Waals surface area contributed by atoms with E-state index < -0.39 is 0 Å². The molecule has 2 atom stereocenters. The molecule has 25 heavy (non-hydrogen) atoms. The molecule has 2 aromatic rings. The smallest absolute Gasteiger partial charge is 0.256 e. The number of nitrogens with one attached hydrogen (secondary N) is 2. The molecule has 7 heteroatoms. The van der Waals surface area contributed by atoms with Gasteiger partial charge < -0.3 is 10.6 Å². The topological polar surface area (TPSA) is 71.3 Å². The monoisotopic (exact) mass is 343 g/mol. The zero-order valence-corrected chi connectivity index (χ0v) is 14.4. The van der Waals surface area contributed by atoms with Crippen molar-refractivity contribution in [3.8, 4) is 0 Å². The summed E-state index contributed by atoms with van der Waals surface area (Å²) in [6.07, 6.45) is 9.73. The average Bonchev–Trinajstić information content (AvgIpc) is 3.03. The van der Waals surface area contributed by atoms with Gasteiger partial charge in [0.15, 0.2) is 5.65 Å². The van der Waals surface area contributed by atoms with Gasteiger partial charge in [0.2, 0.25) is 0 Å². The molecule has 2 N–H and O–H groups in total. The zero-order chi connectivity index (χ0) is 17.8. The summed E-state index contributed by atoms with van der Waals surface area (Å²) in [4.78, 5) is 16.7. The zero-order valence-electron chi connectivity index (χ0n) is 14.4. The van der Waals surface area contributed by atoms with Crippen LogP contribution in [0.2, 0.25) is 0 Å². The van der Waals surface area contributed by atoms with Crippen LogP contribution in [0.5, 0.6) is 0 Å². The fraction of sp³-hybridized carbons (Fsp3) is 0.389.